The molecule has 14 heavy (non-hydrogen) atoms. The van der Waals surface area contributed by atoms with Gasteiger partial charge in [-0.25, -0.2) is 0 Å². The van der Waals surface area contributed by atoms with E-state index in [0.29, 0.717) is 6.42 Å². The Kier molecular flexibility index (Phi) is 5.40. The van der Waals surface area contributed by atoms with Crippen molar-refractivity contribution in [3.05, 3.63) is 44.5 Å². The smallest absolute Gasteiger partial charge is 0.156 e. The molecule has 0 N–H and O–H groups in total. The number of aryl methyl sites for hydroxylation is 1. The van der Waals surface area contributed by atoms with Crippen LogP contribution in [-0.4, -0.2) is 5.78 Å². The van der Waals surface area contributed by atoms with E-state index in [2.05, 4.69) is 62.8 Å². The molecule has 3 heteroatoms. The van der Waals surface area contributed by atoms with E-state index in [1.54, 1.807) is 11.1 Å². The molecule has 1 aromatic carbocycles. The Labute approximate surface area is 106 Å². The number of benzene rings is 1. The molecule has 0 saturated carbocycles. The quantitative estimate of drug-likeness (QED) is 0.588. The highest BCUT2D eigenvalue weighted by Gasteiger charge is 1.98. The van der Waals surface area contributed by atoms with E-state index in [0.717, 1.165) is 6.42 Å². The minimum Gasteiger partial charge on any atom is -0.295 e. The summed E-state index contributed by atoms with van der Waals surface area (Å²) in [6.07, 6.45) is 2.93. The predicted octanol–water partition coefficient (Wildman–Crippen LogP) is 3.70. The summed E-state index contributed by atoms with van der Waals surface area (Å²) in [4.78, 5) is 12.8. The highest BCUT2D eigenvalue weighted by Crippen LogP contribution is 2.08. The summed E-state index contributed by atoms with van der Waals surface area (Å²) in [5, 5.41) is 0. The number of hydrogen-bond acceptors (Lipinski definition) is 1. The number of hydrogen-bond donors (Lipinski definition) is 0. The first-order valence-electron chi connectivity index (χ1n) is 4.26. The van der Waals surface area contributed by atoms with Crippen molar-refractivity contribution in [3.8, 4) is 0 Å². The maximum Gasteiger partial charge on any atom is 0.156 e. The topological polar surface area (TPSA) is 17.1 Å². The van der Waals surface area contributed by atoms with Gasteiger partial charge in [0.2, 0.25) is 0 Å². The number of ketones is 1. The molecule has 1 nitrogen and oxygen atoms in total. The number of carbonyl (C=O) groups is 1. The molecule has 0 amide bonds. The second-order valence-electron chi connectivity index (χ2n) is 2.89. The summed E-state index contributed by atoms with van der Waals surface area (Å²) < 4.78 is 1.22. The maximum atomic E-state index is 11.2. The lowest BCUT2D eigenvalue weighted by atomic mass is 10.1. The van der Waals surface area contributed by atoms with Crippen LogP contribution in [0.2, 0.25) is 0 Å². The van der Waals surface area contributed by atoms with Crippen LogP contribution in [0.4, 0.5) is 0 Å². The van der Waals surface area contributed by atoms with Gasteiger partial charge in [-0.1, -0.05) is 28.1 Å². The van der Waals surface area contributed by atoms with Crippen molar-refractivity contribution in [3.63, 3.8) is 0 Å². The Bertz CT molecular complexity index is 330. The molecule has 0 spiro atoms. The molecule has 0 aliphatic carbocycles. The van der Waals surface area contributed by atoms with Crippen LogP contribution in [0, 0.1) is 3.57 Å². The van der Waals surface area contributed by atoms with Gasteiger partial charge in [0, 0.05) is 9.99 Å². The second-order valence-corrected chi connectivity index (χ2v) is 4.66. The third kappa shape index (κ3) is 4.37. The summed E-state index contributed by atoms with van der Waals surface area (Å²) in [5.41, 5.74) is 1.21. The van der Waals surface area contributed by atoms with E-state index in [-0.39, 0.29) is 5.78 Å². The molecule has 0 aliphatic heterocycles. The molecule has 0 saturated heterocycles. The van der Waals surface area contributed by atoms with E-state index < -0.39 is 0 Å². The fraction of sp³-hybridized carbons (Fsp3) is 0.182. The lowest BCUT2D eigenvalue weighted by molar-refractivity contribution is -0.114. The average Bonchev–Trinajstić information content (AvgIpc) is 2.17. The van der Waals surface area contributed by atoms with Crippen LogP contribution < -0.4 is 0 Å². The Balaban J connectivity index is 2.46. The van der Waals surface area contributed by atoms with Crippen LogP contribution >= 0.6 is 38.5 Å². The summed E-state index contributed by atoms with van der Waals surface area (Å²) in [6.45, 7) is 0. The van der Waals surface area contributed by atoms with Gasteiger partial charge in [-0.15, -0.1) is 0 Å². The standard InChI is InChI=1S/C11H10BrIO/c12-8-7-11(14)6-3-9-1-4-10(13)5-2-9/h1-2,4-5,7-8H,3,6H2. The van der Waals surface area contributed by atoms with Crippen molar-refractivity contribution in [2.75, 3.05) is 0 Å². The molecule has 0 atom stereocenters. The third-order valence-corrected chi connectivity index (χ3v) is 2.81. The number of carbonyl (C=O) groups excluding carboxylic acids is 1. The number of rotatable bonds is 4. The molecular formula is C11H10BrIO. The number of allylic oxidation sites excluding steroid dienone is 1. The highest BCUT2D eigenvalue weighted by atomic mass is 127. The zero-order valence-corrected chi connectivity index (χ0v) is 11.3. The van der Waals surface area contributed by atoms with E-state index in [1.165, 1.54) is 9.13 Å². The average molecular weight is 365 g/mol. The largest absolute Gasteiger partial charge is 0.295 e. The maximum absolute atomic E-state index is 11.2. The molecular weight excluding hydrogens is 355 g/mol. The Morgan fingerprint density at radius 2 is 2.00 bits per heavy atom. The van der Waals surface area contributed by atoms with Crippen molar-refractivity contribution in [1.82, 2.24) is 0 Å². The third-order valence-electron chi connectivity index (χ3n) is 1.82. The van der Waals surface area contributed by atoms with Crippen LogP contribution in [0.15, 0.2) is 35.3 Å². The van der Waals surface area contributed by atoms with Crippen LogP contribution in [0.3, 0.4) is 0 Å². The SMILES string of the molecule is O=C(C=CBr)CCc1ccc(I)cc1. The minimum absolute atomic E-state index is 0.153. The summed E-state index contributed by atoms with van der Waals surface area (Å²) in [5.74, 6) is 0.153. The van der Waals surface area contributed by atoms with Crippen molar-refractivity contribution in [2.24, 2.45) is 0 Å². The van der Waals surface area contributed by atoms with Crippen LogP contribution in [0.5, 0.6) is 0 Å². The van der Waals surface area contributed by atoms with Crippen LogP contribution in [-0.2, 0) is 11.2 Å². The van der Waals surface area contributed by atoms with Gasteiger partial charge in [0.05, 0.1) is 0 Å². The zero-order valence-electron chi connectivity index (χ0n) is 7.54. The lowest BCUT2D eigenvalue weighted by Crippen LogP contribution is -1.95. The van der Waals surface area contributed by atoms with Crippen LogP contribution in [0.1, 0.15) is 12.0 Å². The van der Waals surface area contributed by atoms with Gasteiger partial charge in [0.1, 0.15) is 0 Å². The Morgan fingerprint density at radius 3 is 2.57 bits per heavy atom. The highest BCUT2D eigenvalue weighted by molar-refractivity contribution is 14.1. The molecule has 0 radical (unpaired) electrons. The van der Waals surface area contributed by atoms with Crippen molar-refractivity contribution >= 4 is 44.3 Å². The van der Waals surface area contributed by atoms with E-state index in [9.17, 15) is 4.79 Å². The van der Waals surface area contributed by atoms with Crippen molar-refractivity contribution in [1.29, 1.82) is 0 Å². The first-order valence-corrected chi connectivity index (χ1v) is 6.26. The molecule has 0 unspecified atom stereocenters. The zero-order chi connectivity index (χ0) is 10.4. The van der Waals surface area contributed by atoms with Gasteiger partial charge in [-0.2, -0.15) is 0 Å². The van der Waals surface area contributed by atoms with Crippen molar-refractivity contribution in [2.45, 2.75) is 12.8 Å². The fourth-order valence-electron chi connectivity index (χ4n) is 1.07. The summed E-state index contributed by atoms with van der Waals surface area (Å²) in [7, 11) is 0. The molecule has 0 bridgehead atoms. The monoisotopic (exact) mass is 364 g/mol. The van der Waals surface area contributed by atoms with E-state index in [4.69, 9.17) is 0 Å². The fourth-order valence-corrected chi connectivity index (χ4v) is 1.73. The van der Waals surface area contributed by atoms with Gasteiger partial charge < -0.3 is 0 Å². The van der Waals surface area contributed by atoms with E-state index >= 15 is 0 Å². The van der Waals surface area contributed by atoms with Gasteiger partial charge in [0.15, 0.2) is 5.78 Å². The van der Waals surface area contributed by atoms with Gasteiger partial charge in [-0.05, 0) is 57.8 Å². The molecule has 0 fully saturated rings. The first kappa shape index (κ1) is 11.9. The Hall–Kier alpha value is -0.160. The lowest BCUT2D eigenvalue weighted by Gasteiger charge is -1.98. The van der Waals surface area contributed by atoms with E-state index in [1.807, 2.05) is 0 Å². The van der Waals surface area contributed by atoms with Crippen molar-refractivity contribution < 1.29 is 4.79 Å². The molecule has 74 valence electrons. The Morgan fingerprint density at radius 1 is 1.36 bits per heavy atom. The molecule has 1 rings (SSSR count). The van der Waals surface area contributed by atoms with Gasteiger partial charge in [-0.3, -0.25) is 4.79 Å². The first-order chi connectivity index (χ1) is 6.72. The van der Waals surface area contributed by atoms with Gasteiger partial charge >= 0.3 is 0 Å². The number of halogens is 2. The molecule has 0 aromatic heterocycles. The normalized spacial score (nSPS) is 10.7. The second kappa shape index (κ2) is 6.35. The predicted molar refractivity (Wildman–Crippen MR) is 70.6 cm³/mol. The van der Waals surface area contributed by atoms with Gasteiger partial charge in [0.25, 0.3) is 0 Å². The molecule has 0 heterocycles. The van der Waals surface area contributed by atoms with Crippen LogP contribution in [0.25, 0.3) is 0 Å². The molecule has 0 aliphatic rings. The summed E-state index contributed by atoms with van der Waals surface area (Å²) in [6, 6.07) is 8.24. The summed E-state index contributed by atoms with van der Waals surface area (Å²) >= 11 is 5.35. The molecule has 1 aromatic rings. The minimum atomic E-state index is 0.153.